The van der Waals surface area contributed by atoms with Crippen molar-refractivity contribution in [2.45, 2.75) is 45.3 Å². The molecule has 5 rings (SSSR count). The van der Waals surface area contributed by atoms with Gasteiger partial charge in [-0.3, -0.25) is 14.7 Å². The SMILES string of the molecule is Cc1ncc(F)c2c1CC(C(C)NCC[C@H]1CN(c3cnc4c(n3)NC(=O)CO4)C(=O)O1)C2. The molecule has 2 N–H and O–H groups in total. The monoisotopic (exact) mass is 456 g/mol. The predicted octanol–water partition coefficient (Wildman–Crippen LogP) is 1.76. The molecule has 2 aromatic rings. The lowest BCUT2D eigenvalue weighted by molar-refractivity contribution is -0.118. The summed E-state index contributed by atoms with van der Waals surface area (Å²) in [6, 6.07) is 0.180. The summed E-state index contributed by atoms with van der Waals surface area (Å²) in [5.41, 5.74) is 2.71. The fourth-order valence-corrected chi connectivity index (χ4v) is 4.60. The fraction of sp³-hybridized carbons (Fsp3) is 0.500. The molecule has 0 aromatic carbocycles. The second kappa shape index (κ2) is 8.54. The lowest BCUT2D eigenvalue weighted by atomic mass is 9.97. The summed E-state index contributed by atoms with van der Waals surface area (Å²) in [6.45, 7) is 4.90. The zero-order valence-corrected chi connectivity index (χ0v) is 18.4. The Bertz CT molecular complexity index is 1080. The minimum Gasteiger partial charge on any atom is -0.465 e. The normalized spacial score (nSPS) is 22.3. The van der Waals surface area contributed by atoms with E-state index in [9.17, 15) is 14.0 Å². The van der Waals surface area contributed by atoms with E-state index in [4.69, 9.17) is 9.47 Å². The number of hydrogen-bond donors (Lipinski definition) is 2. The molecule has 10 nitrogen and oxygen atoms in total. The maximum atomic E-state index is 14.1. The van der Waals surface area contributed by atoms with Crippen molar-refractivity contribution in [2.75, 3.05) is 29.9 Å². The van der Waals surface area contributed by atoms with Crippen LogP contribution in [0.3, 0.4) is 0 Å². The molecule has 4 heterocycles. The van der Waals surface area contributed by atoms with Crippen LogP contribution in [0.1, 0.15) is 30.2 Å². The summed E-state index contributed by atoms with van der Waals surface area (Å²) in [4.78, 5) is 37.8. The Labute approximate surface area is 189 Å². The number of halogens is 1. The third kappa shape index (κ3) is 4.20. The van der Waals surface area contributed by atoms with Crippen LogP contribution in [-0.4, -0.2) is 58.8 Å². The van der Waals surface area contributed by atoms with Gasteiger partial charge in [0.2, 0.25) is 0 Å². The van der Waals surface area contributed by atoms with Gasteiger partial charge in [0.15, 0.2) is 18.2 Å². The standard InChI is InChI=1S/C22H25FN6O4/c1-11(13-5-15-12(2)25-7-17(23)16(15)6-13)24-4-3-14-9-29(22(31)33-14)18-8-26-21-20(27-18)28-19(30)10-32-21/h7-8,11,13-14,24H,3-6,9-10H2,1-2H3,(H,27,28,30)/t11?,13?,14-/m0/s1. The van der Waals surface area contributed by atoms with Gasteiger partial charge < -0.3 is 20.1 Å². The molecule has 0 radical (unpaired) electrons. The Morgan fingerprint density at radius 3 is 2.91 bits per heavy atom. The number of hydrogen-bond acceptors (Lipinski definition) is 8. The second-order valence-electron chi connectivity index (χ2n) is 8.68. The van der Waals surface area contributed by atoms with Gasteiger partial charge in [0.1, 0.15) is 11.9 Å². The minimum atomic E-state index is -0.505. The molecular weight excluding hydrogens is 431 g/mol. The number of ether oxygens (including phenoxy) is 2. The van der Waals surface area contributed by atoms with Gasteiger partial charge in [0, 0.05) is 11.7 Å². The van der Waals surface area contributed by atoms with E-state index in [0.717, 1.165) is 23.2 Å². The van der Waals surface area contributed by atoms with Gasteiger partial charge in [-0.25, -0.2) is 19.2 Å². The molecule has 3 atom stereocenters. The van der Waals surface area contributed by atoms with Crippen LogP contribution in [0.25, 0.3) is 0 Å². The van der Waals surface area contributed by atoms with Crippen molar-refractivity contribution in [1.82, 2.24) is 20.3 Å². The Morgan fingerprint density at radius 2 is 2.09 bits per heavy atom. The number of aryl methyl sites for hydroxylation is 1. The number of anilines is 2. The van der Waals surface area contributed by atoms with Gasteiger partial charge in [-0.15, -0.1) is 0 Å². The lowest BCUT2D eigenvalue weighted by Gasteiger charge is -2.21. The maximum absolute atomic E-state index is 14.1. The van der Waals surface area contributed by atoms with Crippen molar-refractivity contribution in [3.05, 3.63) is 35.0 Å². The van der Waals surface area contributed by atoms with E-state index in [1.54, 1.807) is 0 Å². The van der Waals surface area contributed by atoms with Crippen LogP contribution in [0.2, 0.25) is 0 Å². The number of pyridine rings is 1. The molecule has 174 valence electrons. The molecule has 3 aliphatic rings. The second-order valence-corrected chi connectivity index (χ2v) is 8.68. The van der Waals surface area contributed by atoms with Crippen molar-refractivity contribution < 1.29 is 23.5 Å². The van der Waals surface area contributed by atoms with Gasteiger partial charge in [0.25, 0.3) is 11.8 Å². The molecule has 11 heteroatoms. The van der Waals surface area contributed by atoms with Crippen LogP contribution in [0, 0.1) is 18.7 Å². The number of nitrogens with one attached hydrogen (secondary N) is 2. The number of cyclic esters (lactones) is 1. The highest BCUT2D eigenvalue weighted by atomic mass is 19.1. The molecule has 2 unspecified atom stereocenters. The summed E-state index contributed by atoms with van der Waals surface area (Å²) in [5.74, 6) is 0.456. The minimum absolute atomic E-state index is 0.112. The molecule has 1 saturated heterocycles. The van der Waals surface area contributed by atoms with E-state index in [1.807, 2.05) is 6.92 Å². The third-order valence-corrected chi connectivity index (χ3v) is 6.51. The van der Waals surface area contributed by atoms with E-state index in [2.05, 4.69) is 32.5 Å². The van der Waals surface area contributed by atoms with E-state index in [0.29, 0.717) is 37.7 Å². The van der Waals surface area contributed by atoms with E-state index in [1.165, 1.54) is 17.3 Å². The molecule has 33 heavy (non-hydrogen) atoms. The highest BCUT2D eigenvalue weighted by Gasteiger charge is 2.35. The summed E-state index contributed by atoms with van der Waals surface area (Å²) < 4.78 is 24.8. The molecule has 0 saturated carbocycles. The Hall–Kier alpha value is -3.34. The maximum Gasteiger partial charge on any atom is 0.415 e. The number of amides is 2. The van der Waals surface area contributed by atoms with Crippen LogP contribution < -0.4 is 20.3 Å². The van der Waals surface area contributed by atoms with Crippen LogP contribution >= 0.6 is 0 Å². The van der Waals surface area contributed by atoms with Crippen LogP contribution in [0.15, 0.2) is 12.4 Å². The summed E-state index contributed by atoms with van der Waals surface area (Å²) >= 11 is 0. The van der Waals surface area contributed by atoms with E-state index >= 15 is 0 Å². The number of nitrogens with zero attached hydrogens (tertiary/aromatic N) is 4. The van der Waals surface area contributed by atoms with Crippen molar-refractivity contribution in [3.8, 4) is 5.88 Å². The van der Waals surface area contributed by atoms with Gasteiger partial charge in [0.05, 0.1) is 18.9 Å². The number of rotatable bonds is 6. The van der Waals surface area contributed by atoms with E-state index in [-0.39, 0.29) is 42.2 Å². The molecule has 0 spiro atoms. The van der Waals surface area contributed by atoms with Gasteiger partial charge >= 0.3 is 6.09 Å². The van der Waals surface area contributed by atoms with E-state index < -0.39 is 6.09 Å². The van der Waals surface area contributed by atoms with Crippen molar-refractivity contribution in [2.24, 2.45) is 5.92 Å². The first-order valence-electron chi connectivity index (χ1n) is 11.0. The first-order chi connectivity index (χ1) is 15.9. The topological polar surface area (TPSA) is 119 Å². The highest BCUT2D eigenvalue weighted by molar-refractivity contribution is 5.94. The third-order valence-electron chi connectivity index (χ3n) is 6.51. The predicted molar refractivity (Wildman–Crippen MR) is 116 cm³/mol. The van der Waals surface area contributed by atoms with Gasteiger partial charge in [-0.2, -0.15) is 0 Å². The van der Waals surface area contributed by atoms with Crippen molar-refractivity contribution in [1.29, 1.82) is 0 Å². The first-order valence-corrected chi connectivity index (χ1v) is 11.0. The number of carbonyl (C=O) groups is 2. The Kier molecular flexibility index (Phi) is 5.57. The molecule has 0 bridgehead atoms. The first kappa shape index (κ1) is 21.5. The number of carbonyl (C=O) groups excluding carboxylic acids is 2. The Balaban J connectivity index is 1.14. The van der Waals surface area contributed by atoms with Gasteiger partial charge in [-0.05, 0) is 56.7 Å². The van der Waals surface area contributed by atoms with Crippen LogP contribution in [0.4, 0.5) is 20.8 Å². The summed E-state index contributed by atoms with van der Waals surface area (Å²) in [6.07, 6.45) is 4.06. The summed E-state index contributed by atoms with van der Waals surface area (Å²) in [5, 5.41) is 6.08. The average molecular weight is 456 g/mol. The van der Waals surface area contributed by atoms with Crippen LogP contribution in [-0.2, 0) is 22.4 Å². The smallest absolute Gasteiger partial charge is 0.415 e. The summed E-state index contributed by atoms with van der Waals surface area (Å²) in [7, 11) is 0. The molecule has 1 aliphatic carbocycles. The quantitative estimate of drug-likeness (QED) is 0.675. The van der Waals surface area contributed by atoms with Crippen molar-refractivity contribution in [3.63, 3.8) is 0 Å². The average Bonchev–Trinajstić information content (AvgIpc) is 3.41. The molecule has 2 aliphatic heterocycles. The lowest BCUT2D eigenvalue weighted by Crippen LogP contribution is -2.36. The van der Waals surface area contributed by atoms with Crippen LogP contribution in [0.5, 0.6) is 5.88 Å². The molecule has 2 amide bonds. The molecule has 2 aromatic heterocycles. The molecular formula is C22H25FN6O4. The number of fused-ring (bicyclic) bond motifs is 2. The Morgan fingerprint density at radius 1 is 1.27 bits per heavy atom. The largest absolute Gasteiger partial charge is 0.465 e. The number of aromatic nitrogens is 3. The zero-order chi connectivity index (χ0) is 23.1. The highest BCUT2D eigenvalue weighted by Crippen LogP contribution is 2.32. The zero-order valence-electron chi connectivity index (χ0n) is 18.4. The van der Waals surface area contributed by atoms with Crippen molar-refractivity contribution >= 4 is 23.6 Å². The van der Waals surface area contributed by atoms with Gasteiger partial charge in [-0.1, -0.05) is 0 Å². The molecule has 1 fully saturated rings. The fourth-order valence-electron chi connectivity index (χ4n) is 4.60.